The number of fused-ring (bicyclic) bond motifs is 1. The Morgan fingerprint density at radius 1 is 1.02 bits per heavy atom. The molecule has 0 aliphatic heterocycles. The lowest BCUT2D eigenvalue weighted by molar-refractivity contribution is -0.123. The molecule has 3 aromatic carbocycles. The summed E-state index contributed by atoms with van der Waals surface area (Å²) in [6, 6.07) is 19.3. The molecule has 10 heteroatoms. The molecule has 0 fully saturated rings. The Morgan fingerprint density at radius 2 is 1.82 bits per heavy atom. The van der Waals surface area contributed by atoms with Gasteiger partial charge in [-0.25, -0.2) is 10.2 Å². The molecule has 1 heterocycles. The molecule has 4 rings (SSSR count). The fourth-order valence-corrected chi connectivity index (χ4v) is 4.33. The topological polar surface area (TPSA) is 105 Å². The molecule has 4 aromatic rings. The number of hydrogen-bond acceptors (Lipinski definition) is 5. The number of benzene rings is 3. The van der Waals surface area contributed by atoms with Crippen molar-refractivity contribution in [2.24, 2.45) is 11.0 Å². The zero-order valence-corrected chi connectivity index (χ0v) is 23.6. The van der Waals surface area contributed by atoms with Crippen LogP contribution >= 0.6 is 23.2 Å². The van der Waals surface area contributed by atoms with E-state index in [0.29, 0.717) is 21.4 Å². The zero-order chi connectivity index (χ0) is 28.5. The van der Waals surface area contributed by atoms with Crippen LogP contribution in [-0.4, -0.2) is 35.8 Å². The van der Waals surface area contributed by atoms with Gasteiger partial charge in [-0.2, -0.15) is 5.10 Å². The highest BCUT2D eigenvalue weighted by Gasteiger charge is 2.23. The van der Waals surface area contributed by atoms with E-state index in [1.807, 2.05) is 62.5 Å². The van der Waals surface area contributed by atoms with E-state index in [-0.39, 0.29) is 25.6 Å². The van der Waals surface area contributed by atoms with E-state index >= 15 is 0 Å². The molecule has 0 unspecified atom stereocenters. The molecule has 3 N–H and O–H groups in total. The van der Waals surface area contributed by atoms with Gasteiger partial charge in [-0.1, -0.05) is 67.4 Å². The van der Waals surface area contributed by atoms with Gasteiger partial charge in [-0.05, 0) is 53.4 Å². The quantitative estimate of drug-likeness (QED) is 0.139. The smallest absolute Gasteiger partial charge is 0.407 e. The van der Waals surface area contributed by atoms with Gasteiger partial charge in [0.1, 0.15) is 18.4 Å². The maximum atomic E-state index is 13.2. The van der Waals surface area contributed by atoms with Crippen LogP contribution in [0.2, 0.25) is 10.0 Å². The van der Waals surface area contributed by atoms with Crippen molar-refractivity contribution in [3.05, 3.63) is 99.7 Å². The number of amides is 2. The highest BCUT2D eigenvalue weighted by Crippen LogP contribution is 2.23. The van der Waals surface area contributed by atoms with Crippen LogP contribution in [0.25, 0.3) is 10.9 Å². The number of halogens is 2. The third-order valence-electron chi connectivity index (χ3n) is 5.89. The average molecular weight is 582 g/mol. The molecule has 0 radical (unpaired) electrons. The van der Waals surface area contributed by atoms with E-state index in [0.717, 1.165) is 22.0 Å². The Balaban J connectivity index is 1.47. The summed E-state index contributed by atoms with van der Waals surface area (Å²) in [4.78, 5) is 28.8. The van der Waals surface area contributed by atoms with Gasteiger partial charge < -0.3 is 19.8 Å². The van der Waals surface area contributed by atoms with E-state index in [9.17, 15) is 9.59 Å². The number of H-pyrrole nitrogens is 1. The van der Waals surface area contributed by atoms with Crippen LogP contribution in [-0.2, 0) is 22.6 Å². The molecular weight excluding hydrogens is 551 g/mol. The highest BCUT2D eigenvalue weighted by atomic mass is 35.5. The van der Waals surface area contributed by atoms with Crippen LogP contribution < -0.4 is 15.5 Å². The second-order valence-corrected chi connectivity index (χ2v) is 10.5. The van der Waals surface area contributed by atoms with Crippen LogP contribution in [0.4, 0.5) is 4.79 Å². The fraction of sp³-hybridized carbons (Fsp3) is 0.233. The number of ether oxygens (including phenoxy) is 2. The van der Waals surface area contributed by atoms with Gasteiger partial charge >= 0.3 is 6.09 Å². The highest BCUT2D eigenvalue weighted by molar-refractivity contribution is 6.31. The molecule has 0 saturated heterocycles. The van der Waals surface area contributed by atoms with Crippen molar-refractivity contribution >= 4 is 52.3 Å². The van der Waals surface area contributed by atoms with Gasteiger partial charge in [0.05, 0.1) is 12.8 Å². The number of hydrazone groups is 1. The van der Waals surface area contributed by atoms with Crippen molar-refractivity contribution in [2.45, 2.75) is 32.9 Å². The SMILES string of the molecule is CC(C)COC(=O)N[C@@H](Cc1c[nH]c2ccccc12)C(=O)N/N=C\c1cc(Cl)ccc1OCc1cccc(Cl)c1. The predicted molar refractivity (Wildman–Crippen MR) is 158 cm³/mol. The van der Waals surface area contributed by atoms with Crippen molar-refractivity contribution in [3.8, 4) is 5.75 Å². The average Bonchev–Trinajstić information content (AvgIpc) is 3.34. The minimum atomic E-state index is -0.936. The third-order valence-corrected chi connectivity index (χ3v) is 6.36. The largest absolute Gasteiger partial charge is 0.488 e. The lowest BCUT2D eigenvalue weighted by Crippen LogP contribution is -2.47. The number of nitrogens with one attached hydrogen (secondary N) is 3. The van der Waals surface area contributed by atoms with E-state index in [1.165, 1.54) is 6.21 Å². The molecule has 0 saturated carbocycles. The summed E-state index contributed by atoms with van der Waals surface area (Å²) in [7, 11) is 0. The zero-order valence-electron chi connectivity index (χ0n) is 22.1. The van der Waals surface area contributed by atoms with Gasteiger partial charge in [-0.3, -0.25) is 4.79 Å². The molecule has 0 bridgehead atoms. The summed E-state index contributed by atoms with van der Waals surface area (Å²) in [5.41, 5.74) is 5.79. The molecule has 0 aliphatic carbocycles. The van der Waals surface area contributed by atoms with Crippen LogP contribution in [0.1, 0.15) is 30.5 Å². The van der Waals surface area contributed by atoms with Crippen molar-refractivity contribution in [3.63, 3.8) is 0 Å². The summed E-state index contributed by atoms with van der Waals surface area (Å²) >= 11 is 12.3. The molecule has 40 heavy (non-hydrogen) atoms. The third kappa shape index (κ3) is 8.24. The first-order valence-corrected chi connectivity index (χ1v) is 13.5. The summed E-state index contributed by atoms with van der Waals surface area (Å²) in [6.45, 7) is 4.38. The molecule has 1 atom stereocenters. The monoisotopic (exact) mass is 580 g/mol. The molecule has 2 amide bonds. The standard InChI is InChI=1S/C30H30Cl2N4O4/c1-19(2)17-40-30(38)35-27(14-21-15-33-26-9-4-3-8-25(21)26)29(37)36-34-16-22-13-24(32)10-11-28(22)39-18-20-6-5-7-23(31)12-20/h3-13,15-16,19,27,33H,14,17-18H2,1-2H3,(H,35,38)(H,36,37)/b34-16-/t27-/m0/s1. The maximum absolute atomic E-state index is 13.2. The van der Waals surface area contributed by atoms with Gasteiger partial charge in [0.15, 0.2) is 0 Å². The molecule has 208 valence electrons. The van der Waals surface area contributed by atoms with Crippen LogP contribution in [0.5, 0.6) is 5.75 Å². The first kappa shape index (κ1) is 29.0. The normalized spacial score (nSPS) is 12.0. The van der Waals surface area contributed by atoms with Crippen molar-refractivity contribution in [2.75, 3.05) is 6.61 Å². The summed E-state index contributed by atoms with van der Waals surface area (Å²) in [6.07, 6.45) is 2.82. The van der Waals surface area contributed by atoms with Crippen LogP contribution in [0.15, 0.2) is 78.0 Å². The molecular formula is C30H30Cl2N4O4. The minimum absolute atomic E-state index is 0.157. The summed E-state index contributed by atoms with van der Waals surface area (Å²) in [5.74, 6) is 0.170. The summed E-state index contributed by atoms with van der Waals surface area (Å²) < 4.78 is 11.2. The number of aromatic nitrogens is 1. The first-order valence-electron chi connectivity index (χ1n) is 12.8. The van der Waals surface area contributed by atoms with Gasteiger partial charge in [0.25, 0.3) is 5.91 Å². The predicted octanol–water partition coefficient (Wildman–Crippen LogP) is 6.50. The number of alkyl carbamates (subject to hydrolysis) is 1. The summed E-state index contributed by atoms with van der Waals surface area (Å²) in [5, 5.41) is 8.85. The number of hydrogen-bond donors (Lipinski definition) is 3. The van der Waals surface area contributed by atoms with Gasteiger partial charge in [0.2, 0.25) is 0 Å². The van der Waals surface area contributed by atoms with E-state index in [1.54, 1.807) is 24.3 Å². The van der Waals surface area contributed by atoms with Gasteiger partial charge in [0, 0.05) is 39.1 Å². The lowest BCUT2D eigenvalue weighted by Gasteiger charge is -2.17. The molecule has 0 spiro atoms. The molecule has 1 aromatic heterocycles. The number of nitrogens with zero attached hydrogens (tertiary/aromatic N) is 1. The number of aromatic amines is 1. The second-order valence-electron chi connectivity index (χ2n) is 9.59. The van der Waals surface area contributed by atoms with Crippen LogP contribution in [0.3, 0.4) is 0 Å². The number of carbonyl (C=O) groups is 2. The van der Waals surface area contributed by atoms with Gasteiger partial charge in [-0.15, -0.1) is 0 Å². The molecule has 0 aliphatic rings. The Labute approximate surface area is 242 Å². The van der Waals surface area contributed by atoms with Crippen LogP contribution in [0, 0.1) is 5.92 Å². The minimum Gasteiger partial charge on any atom is -0.488 e. The van der Waals surface area contributed by atoms with Crippen molar-refractivity contribution < 1.29 is 19.1 Å². The Morgan fingerprint density at radius 3 is 2.62 bits per heavy atom. The van der Waals surface area contributed by atoms with E-state index in [2.05, 4.69) is 20.8 Å². The Bertz CT molecular complexity index is 1500. The fourth-order valence-electron chi connectivity index (χ4n) is 3.94. The Kier molecular flexibility index (Phi) is 10.0. The number of carbonyl (C=O) groups excluding carboxylic acids is 2. The second kappa shape index (κ2) is 13.9. The van der Waals surface area contributed by atoms with Crippen molar-refractivity contribution in [1.29, 1.82) is 0 Å². The first-order chi connectivity index (χ1) is 19.3. The van der Waals surface area contributed by atoms with E-state index < -0.39 is 18.0 Å². The van der Waals surface area contributed by atoms with Crippen molar-refractivity contribution in [1.82, 2.24) is 15.7 Å². The number of rotatable bonds is 11. The lowest BCUT2D eigenvalue weighted by atomic mass is 10.0. The Hall–Kier alpha value is -4.01. The number of para-hydroxylation sites is 1. The molecule has 8 nitrogen and oxygen atoms in total. The van der Waals surface area contributed by atoms with E-state index in [4.69, 9.17) is 32.7 Å². The maximum Gasteiger partial charge on any atom is 0.407 e.